The molecule has 0 aromatic heterocycles. The molecular weight excluding hydrogens is 620 g/mol. The standard InChI is InChI=1S/C36H35BrN2O5/c1-24(40)6-5-13-39-21-30-17-32(37)35(19-34(30)43-22-27-8-3-7-26(16-27)20-38)44-23-29-9-4-10-31(25(29)2)28-11-12-33-36(18-28)42-15-14-41-33/h3-4,7-12,16-19,39H,5-6,13-15,21-23H2,1-2H3. The summed E-state index contributed by atoms with van der Waals surface area (Å²) in [4.78, 5) is 11.3. The van der Waals surface area contributed by atoms with Crippen LogP contribution in [-0.4, -0.2) is 25.5 Å². The monoisotopic (exact) mass is 654 g/mol. The van der Waals surface area contributed by atoms with E-state index in [1.807, 2.05) is 48.5 Å². The largest absolute Gasteiger partial charge is 0.488 e. The molecule has 1 N–H and O–H groups in total. The summed E-state index contributed by atoms with van der Waals surface area (Å²) in [5, 5.41) is 12.7. The molecule has 0 bridgehead atoms. The highest BCUT2D eigenvalue weighted by Crippen LogP contribution is 2.37. The zero-order chi connectivity index (χ0) is 30.9. The van der Waals surface area contributed by atoms with Gasteiger partial charge in [0, 0.05) is 24.6 Å². The Bertz CT molecular complexity index is 1680. The summed E-state index contributed by atoms with van der Waals surface area (Å²) < 4.78 is 25.0. The number of fused-ring (bicyclic) bond motifs is 1. The quantitative estimate of drug-likeness (QED) is 0.148. The number of ether oxygens (including phenoxy) is 4. The number of ketones is 1. The molecule has 0 saturated heterocycles. The first-order chi connectivity index (χ1) is 21.4. The molecule has 4 aromatic rings. The maximum absolute atomic E-state index is 11.3. The maximum Gasteiger partial charge on any atom is 0.161 e. The van der Waals surface area contributed by atoms with Crippen LogP contribution in [0.1, 0.15) is 47.6 Å². The number of benzene rings is 4. The van der Waals surface area contributed by atoms with Gasteiger partial charge in [0.2, 0.25) is 0 Å². The number of halogens is 1. The van der Waals surface area contributed by atoms with Gasteiger partial charge in [0.05, 0.1) is 16.1 Å². The molecule has 1 aliphatic rings. The summed E-state index contributed by atoms with van der Waals surface area (Å²) in [7, 11) is 0. The van der Waals surface area contributed by atoms with E-state index in [-0.39, 0.29) is 5.78 Å². The Hall–Kier alpha value is -4.32. The molecule has 1 heterocycles. The van der Waals surface area contributed by atoms with Crippen LogP contribution < -0.4 is 24.3 Å². The van der Waals surface area contributed by atoms with Crippen molar-refractivity contribution in [1.82, 2.24) is 5.32 Å². The Labute approximate surface area is 266 Å². The molecule has 0 saturated carbocycles. The van der Waals surface area contributed by atoms with Crippen LogP contribution in [0.25, 0.3) is 11.1 Å². The zero-order valence-electron chi connectivity index (χ0n) is 25.0. The summed E-state index contributed by atoms with van der Waals surface area (Å²) >= 11 is 3.70. The van der Waals surface area contributed by atoms with Crippen molar-refractivity contribution in [2.45, 2.75) is 46.4 Å². The maximum atomic E-state index is 11.3. The predicted octanol–water partition coefficient (Wildman–Crippen LogP) is 7.68. The number of carbonyl (C=O) groups excluding carboxylic acids is 1. The topological polar surface area (TPSA) is 89.8 Å². The Morgan fingerprint density at radius 3 is 2.55 bits per heavy atom. The van der Waals surface area contributed by atoms with E-state index in [2.05, 4.69) is 52.4 Å². The molecule has 0 fully saturated rings. The Kier molecular flexibility index (Phi) is 10.5. The van der Waals surface area contributed by atoms with Gasteiger partial charge in [-0.25, -0.2) is 0 Å². The Morgan fingerprint density at radius 2 is 1.73 bits per heavy atom. The number of rotatable bonds is 13. The minimum atomic E-state index is 0.187. The first-order valence-corrected chi connectivity index (χ1v) is 15.5. The number of hydrogen-bond acceptors (Lipinski definition) is 7. The third kappa shape index (κ3) is 7.98. The minimum absolute atomic E-state index is 0.187. The molecule has 4 aromatic carbocycles. The smallest absolute Gasteiger partial charge is 0.161 e. The molecule has 0 atom stereocenters. The van der Waals surface area contributed by atoms with Crippen molar-refractivity contribution in [3.8, 4) is 40.2 Å². The van der Waals surface area contributed by atoms with Gasteiger partial charge in [-0.1, -0.05) is 36.4 Å². The molecule has 7 nitrogen and oxygen atoms in total. The lowest BCUT2D eigenvalue weighted by Crippen LogP contribution is -2.16. The first-order valence-electron chi connectivity index (χ1n) is 14.7. The van der Waals surface area contributed by atoms with E-state index in [1.165, 1.54) is 0 Å². The van der Waals surface area contributed by atoms with Gasteiger partial charge in [-0.3, -0.25) is 0 Å². The fourth-order valence-corrected chi connectivity index (χ4v) is 5.56. The van der Waals surface area contributed by atoms with E-state index in [0.29, 0.717) is 56.5 Å². The van der Waals surface area contributed by atoms with Crippen LogP contribution in [0.2, 0.25) is 0 Å². The summed E-state index contributed by atoms with van der Waals surface area (Å²) in [5.41, 5.74) is 6.81. The van der Waals surface area contributed by atoms with Gasteiger partial charge in [0.1, 0.15) is 43.7 Å². The Morgan fingerprint density at radius 1 is 0.932 bits per heavy atom. The lowest BCUT2D eigenvalue weighted by molar-refractivity contribution is -0.117. The fraction of sp³-hybridized carbons (Fsp3) is 0.278. The molecule has 44 heavy (non-hydrogen) atoms. The molecular formula is C36H35BrN2O5. The third-order valence-corrected chi connectivity index (χ3v) is 8.07. The zero-order valence-corrected chi connectivity index (χ0v) is 26.5. The lowest BCUT2D eigenvalue weighted by Gasteiger charge is -2.20. The van der Waals surface area contributed by atoms with Gasteiger partial charge in [-0.2, -0.15) is 5.26 Å². The Balaban J connectivity index is 1.33. The van der Waals surface area contributed by atoms with Gasteiger partial charge in [0.25, 0.3) is 0 Å². The van der Waals surface area contributed by atoms with Gasteiger partial charge < -0.3 is 29.1 Å². The van der Waals surface area contributed by atoms with E-state index in [9.17, 15) is 10.1 Å². The van der Waals surface area contributed by atoms with E-state index in [1.54, 1.807) is 13.0 Å². The third-order valence-electron chi connectivity index (χ3n) is 7.45. The van der Waals surface area contributed by atoms with Crippen LogP contribution in [0.4, 0.5) is 0 Å². The van der Waals surface area contributed by atoms with E-state index >= 15 is 0 Å². The molecule has 0 aliphatic carbocycles. The van der Waals surface area contributed by atoms with Gasteiger partial charge in [0.15, 0.2) is 11.5 Å². The van der Waals surface area contributed by atoms with Gasteiger partial charge in [-0.05, 0) is 101 Å². The molecule has 0 unspecified atom stereocenters. The second-order valence-corrected chi connectivity index (χ2v) is 11.6. The van der Waals surface area contributed by atoms with Crippen LogP contribution >= 0.6 is 15.9 Å². The highest BCUT2D eigenvalue weighted by atomic mass is 79.9. The minimum Gasteiger partial charge on any atom is -0.488 e. The van der Waals surface area contributed by atoms with Crippen molar-refractivity contribution < 1.29 is 23.7 Å². The lowest BCUT2D eigenvalue weighted by atomic mass is 9.96. The normalized spacial score (nSPS) is 12.0. The average Bonchev–Trinajstić information content (AvgIpc) is 3.04. The van der Waals surface area contributed by atoms with Gasteiger partial charge >= 0.3 is 0 Å². The molecule has 0 radical (unpaired) electrons. The van der Waals surface area contributed by atoms with Crippen molar-refractivity contribution in [1.29, 1.82) is 5.26 Å². The first kappa shape index (κ1) is 31.1. The van der Waals surface area contributed by atoms with Crippen LogP contribution in [0.15, 0.2) is 77.3 Å². The molecule has 8 heteroatoms. The predicted molar refractivity (Wildman–Crippen MR) is 173 cm³/mol. The van der Waals surface area contributed by atoms with E-state index in [4.69, 9.17) is 18.9 Å². The summed E-state index contributed by atoms with van der Waals surface area (Å²) in [6.07, 6.45) is 1.33. The van der Waals surface area contributed by atoms with Crippen molar-refractivity contribution in [3.05, 3.63) is 105 Å². The average molecular weight is 656 g/mol. The number of hydrogen-bond donors (Lipinski definition) is 1. The van der Waals surface area contributed by atoms with E-state index in [0.717, 1.165) is 62.3 Å². The number of nitriles is 1. The highest BCUT2D eigenvalue weighted by molar-refractivity contribution is 9.10. The number of nitrogens with one attached hydrogen (secondary N) is 1. The number of nitrogens with zero attached hydrogens (tertiary/aromatic N) is 1. The van der Waals surface area contributed by atoms with Crippen LogP contribution in [0, 0.1) is 18.3 Å². The second-order valence-electron chi connectivity index (χ2n) is 10.7. The van der Waals surface area contributed by atoms with Crippen molar-refractivity contribution >= 4 is 21.7 Å². The number of carbonyl (C=O) groups is 1. The van der Waals surface area contributed by atoms with Crippen LogP contribution in [0.3, 0.4) is 0 Å². The molecule has 1 aliphatic heterocycles. The SMILES string of the molecule is CC(=O)CCCNCc1cc(Br)c(OCc2cccc(-c3ccc4c(c3)OCCO4)c2C)cc1OCc1cccc(C#N)c1. The molecule has 5 rings (SSSR count). The fourth-order valence-electron chi connectivity index (χ4n) is 5.06. The molecule has 226 valence electrons. The summed E-state index contributed by atoms with van der Waals surface area (Å²) in [5.74, 6) is 3.07. The highest BCUT2D eigenvalue weighted by Gasteiger charge is 2.16. The summed E-state index contributed by atoms with van der Waals surface area (Å²) in [6.45, 7) is 6.79. The molecule has 0 amide bonds. The van der Waals surface area contributed by atoms with Crippen LogP contribution in [-0.2, 0) is 24.6 Å². The van der Waals surface area contributed by atoms with Crippen molar-refractivity contribution in [2.24, 2.45) is 0 Å². The number of Topliss-reactive ketones (excluding diaryl/α,β-unsaturated/α-hetero) is 1. The van der Waals surface area contributed by atoms with Crippen molar-refractivity contribution in [2.75, 3.05) is 19.8 Å². The van der Waals surface area contributed by atoms with Crippen LogP contribution in [0.5, 0.6) is 23.0 Å². The van der Waals surface area contributed by atoms with Gasteiger partial charge in [-0.15, -0.1) is 0 Å². The molecule has 0 spiro atoms. The second kappa shape index (κ2) is 14.9. The van der Waals surface area contributed by atoms with Crippen molar-refractivity contribution in [3.63, 3.8) is 0 Å². The summed E-state index contributed by atoms with van der Waals surface area (Å²) in [6, 6.07) is 25.7. The van der Waals surface area contributed by atoms with E-state index < -0.39 is 0 Å².